The summed E-state index contributed by atoms with van der Waals surface area (Å²) in [4.78, 5) is 0. The molecule has 0 saturated heterocycles. The van der Waals surface area contributed by atoms with E-state index in [1.54, 1.807) is 0 Å². The molecule has 2 atom stereocenters. The van der Waals surface area contributed by atoms with Crippen molar-refractivity contribution < 1.29 is 9.47 Å². The van der Waals surface area contributed by atoms with Crippen molar-refractivity contribution >= 4 is 11.8 Å². The van der Waals surface area contributed by atoms with Crippen LogP contribution in [0.25, 0.3) is 0 Å². The zero-order valence-corrected chi connectivity index (χ0v) is 34.1. The van der Waals surface area contributed by atoms with Gasteiger partial charge in [-0.25, -0.2) is 0 Å². The Bertz CT molecular complexity index is 1470. The predicted octanol–water partition coefficient (Wildman–Crippen LogP) is 15.0. The van der Waals surface area contributed by atoms with Gasteiger partial charge >= 0.3 is 0 Å². The third-order valence-corrected chi connectivity index (χ3v) is 14.1. The highest BCUT2D eigenvalue weighted by atomic mass is 32.2. The molecule has 0 bridgehead atoms. The van der Waals surface area contributed by atoms with Gasteiger partial charge in [-0.3, -0.25) is 0 Å². The van der Waals surface area contributed by atoms with Gasteiger partial charge in [-0.15, -0.1) is 11.8 Å². The zero-order valence-electron chi connectivity index (χ0n) is 33.2. The van der Waals surface area contributed by atoms with Crippen LogP contribution < -0.4 is 9.47 Å². The van der Waals surface area contributed by atoms with Gasteiger partial charge in [0, 0.05) is 0 Å². The summed E-state index contributed by atoms with van der Waals surface area (Å²) in [5, 5.41) is 0.332. The second-order valence-electron chi connectivity index (χ2n) is 16.0. The minimum Gasteiger partial charge on any atom is -0.494 e. The van der Waals surface area contributed by atoms with E-state index in [1.165, 1.54) is 97.6 Å². The summed E-state index contributed by atoms with van der Waals surface area (Å²) in [7, 11) is 0. The fraction of sp³-hybridized carbons (Fsp3) is 0.520. The minimum atomic E-state index is 0.166. The molecule has 4 aromatic carbocycles. The first-order valence-electron chi connectivity index (χ1n) is 21.4. The van der Waals surface area contributed by atoms with E-state index in [0.717, 1.165) is 62.2 Å². The van der Waals surface area contributed by atoms with Crippen molar-refractivity contribution in [3.05, 3.63) is 130 Å². The summed E-state index contributed by atoms with van der Waals surface area (Å²) < 4.78 is 12.2. The molecule has 6 rings (SSSR count). The zero-order chi connectivity index (χ0) is 36.8. The third kappa shape index (κ3) is 11.0. The Morgan fingerprint density at radius 1 is 0.453 bits per heavy atom. The molecule has 0 aromatic heterocycles. The van der Waals surface area contributed by atoms with Crippen molar-refractivity contribution in [3.63, 3.8) is 0 Å². The van der Waals surface area contributed by atoms with Gasteiger partial charge in [0.15, 0.2) is 0 Å². The van der Waals surface area contributed by atoms with E-state index in [2.05, 4.69) is 137 Å². The minimum absolute atomic E-state index is 0.166. The highest BCUT2D eigenvalue weighted by molar-refractivity contribution is 8.00. The van der Waals surface area contributed by atoms with Gasteiger partial charge in [0.25, 0.3) is 0 Å². The van der Waals surface area contributed by atoms with E-state index in [1.807, 2.05) is 0 Å². The largest absolute Gasteiger partial charge is 0.494 e. The van der Waals surface area contributed by atoms with Gasteiger partial charge in [-0.1, -0.05) is 126 Å². The molecule has 2 unspecified atom stereocenters. The van der Waals surface area contributed by atoms with Crippen LogP contribution in [0.15, 0.2) is 97.1 Å². The van der Waals surface area contributed by atoms with Crippen LogP contribution in [-0.4, -0.2) is 13.2 Å². The SMILES string of the molecule is CCCCOc1ccc(C(SC(c2ccc(OCCCC)cc2)c2ccc(C3CCC(CC)CC3)cc2)c2ccc(C3CCC(CC)CC3)cc2)cc1. The summed E-state index contributed by atoms with van der Waals surface area (Å²) in [6.07, 6.45) is 17.9. The van der Waals surface area contributed by atoms with Gasteiger partial charge in [0.1, 0.15) is 11.5 Å². The molecule has 2 aliphatic carbocycles. The molecule has 284 valence electrons. The Kier molecular flexibility index (Phi) is 15.3. The lowest BCUT2D eigenvalue weighted by Crippen LogP contribution is -2.13. The molecule has 0 heterocycles. The van der Waals surface area contributed by atoms with Crippen LogP contribution in [-0.2, 0) is 0 Å². The Labute approximate surface area is 326 Å². The quantitative estimate of drug-likeness (QED) is 0.0950. The molecule has 0 spiro atoms. The normalized spacial score (nSPS) is 21.5. The van der Waals surface area contributed by atoms with E-state index < -0.39 is 0 Å². The van der Waals surface area contributed by atoms with Crippen LogP contribution in [0.5, 0.6) is 11.5 Å². The standard InChI is InChI=1S/C50H66O2S/c1-5-9-35-51-47-31-27-45(28-32-47)49(43-23-19-41(20-24-43)39-15-11-37(7-3)12-16-39)53-50(46-29-33-48(34-30-46)52-36-10-6-2)44-25-21-42(22-26-44)40-17-13-38(8-4)14-18-40/h19-34,37-40,49-50H,5-18,35-36H2,1-4H3. The molecule has 2 saturated carbocycles. The Morgan fingerprint density at radius 2 is 0.774 bits per heavy atom. The van der Waals surface area contributed by atoms with Crippen LogP contribution in [0, 0.1) is 11.8 Å². The fourth-order valence-electron chi connectivity index (χ4n) is 8.68. The predicted molar refractivity (Wildman–Crippen MR) is 228 cm³/mol. The van der Waals surface area contributed by atoms with Crippen molar-refractivity contribution in [2.24, 2.45) is 11.8 Å². The van der Waals surface area contributed by atoms with Crippen LogP contribution in [0.4, 0.5) is 0 Å². The van der Waals surface area contributed by atoms with E-state index >= 15 is 0 Å². The maximum Gasteiger partial charge on any atom is 0.119 e. The number of thioether (sulfide) groups is 1. The van der Waals surface area contributed by atoms with Crippen molar-refractivity contribution in [1.82, 2.24) is 0 Å². The van der Waals surface area contributed by atoms with Gasteiger partial charge in [0.05, 0.1) is 23.7 Å². The highest BCUT2D eigenvalue weighted by Crippen LogP contribution is 2.49. The molecule has 0 aliphatic heterocycles. The van der Waals surface area contributed by atoms with Crippen molar-refractivity contribution in [2.75, 3.05) is 13.2 Å². The summed E-state index contributed by atoms with van der Waals surface area (Å²) >= 11 is 2.06. The first-order valence-corrected chi connectivity index (χ1v) is 22.3. The van der Waals surface area contributed by atoms with E-state index in [9.17, 15) is 0 Å². The second-order valence-corrected chi connectivity index (χ2v) is 17.2. The average molecular weight is 731 g/mol. The molecule has 3 heteroatoms. The lowest BCUT2D eigenvalue weighted by atomic mass is 9.77. The van der Waals surface area contributed by atoms with Crippen LogP contribution in [0.2, 0.25) is 0 Å². The Hall–Kier alpha value is -3.17. The summed E-state index contributed by atoms with van der Waals surface area (Å²) in [5.41, 5.74) is 8.42. The van der Waals surface area contributed by atoms with E-state index in [0.29, 0.717) is 11.8 Å². The Balaban J connectivity index is 1.31. The molecule has 2 fully saturated rings. The van der Waals surface area contributed by atoms with E-state index in [4.69, 9.17) is 9.47 Å². The molecular weight excluding hydrogens is 665 g/mol. The fourth-order valence-corrected chi connectivity index (χ4v) is 10.2. The first-order chi connectivity index (χ1) is 26.1. The maximum atomic E-state index is 6.11. The molecule has 53 heavy (non-hydrogen) atoms. The molecule has 0 N–H and O–H groups in total. The molecule has 0 amide bonds. The molecule has 0 radical (unpaired) electrons. The van der Waals surface area contributed by atoms with Crippen molar-refractivity contribution in [3.8, 4) is 11.5 Å². The maximum absolute atomic E-state index is 6.11. The number of ether oxygens (including phenoxy) is 2. The van der Waals surface area contributed by atoms with Crippen LogP contribution >= 0.6 is 11.8 Å². The number of unbranched alkanes of at least 4 members (excludes halogenated alkanes) is 2. The monoisotopic (exact) mass is 730 g/mol. The molecule has 2 aliphatic rings. The van der Waals surface area contributed by atoms with Crippen LogP contribution in [0.3, 0.4) is 0 Å². The third-order valence-electron chi connectivity index (χ3n) is 12.4. The van der Waals surface area contributed by atoms with Gasteiger partial charge in [0.2, 0.25) is 0 Å². The molecular formula is C50H66O2S. The second kappa shape index (κ2) is 20.5. The summed E-state index contributed by atoms with van der Waals surface area (Å²) in [6, 6.07) is 37.4. The number of hydrogen-bond donors (Lipinski definition) is 0. The average Bonchev–Trinajstić information content (AvgIpc) is 3.22. The van der Waals surface area contributed by atoms with Crippen molar-refractivity contribution in [1.29, 1.82) is 0 Å². The highest BCUT2D eigenvalue weighted by Gasteiger charge is 2.27. The van der Waals surface area contributed by atoms with Crippen LogP contribution in [0.1, 0.15) is 173 Å². The lowest BCUT2D eigenvalue weighted by molar-refractivity contribution is 0.309. The molecule has 2 nitrogen and oxygen atoms in total. The number of benzene rings is 4. The topological polar surface area (TPSA) is 18.5 Å². The summed E-state index contributed by atoms with van der Waals surface area (Å²) in [6.45, 7) is 10.7. The smallest absolute Gasteiger partial charge is 0.119 e. The Morgan fingerprint density at radius 3 is 1.08 bits per heavy atom. The number of hydrogen-bond acceptors (Lipinski definition) is 3. The van der Waals surface area contributed by atoms with E-state index in [-0.39, 0.29) is 10.5 Å². The summed E-state index contributed by atoms with van der Waals surface area (Å²) in [5.74, 6) is 5.14. The number of rotatable bonds is 18. The van der Waals surface area contributed by atoms with Gasteiger partial charge < -0.3 is 9.47 Å². The van der Waals surface area contributed by atoms with Crippen molar-refractivity contribution in [2.45, 2.75) is 140 Å². The van der Waals surface area contributed by atoms with Gasteiger partial charge in [-0.05, 0) is 146 Å². The van der Waals surface area contributed by atoms with Gasteiger partial charge in [-0.2, -0.15) is 0 Å². The lowest BCUT2D eigenvalue weighted by Gasteiger charge is -2.29. The molecule has 4 aromatic rings. The first kappa shape index (κ1) is 39.5.